The third kappa shape index (κ3) is 3.19. The number of hydrogen-bond donors (Lipinski definition) is 2. The van der Waals surface area contributed by atoms with E-state index in [9.17, 15) is 18.7 Å². The fourth-order valence-corrected chi connectivity index (χ4v) is 2.44. The first kappa shape index (κ1) is 16.9. The lowest BCUT2D eigenvalue weighted by Crippen LogP contribution is -2.23. The number of nitrogens with zero attached hydrogens (tertiary/aromatic N) is 2. The van der Waals surface area contributed by atoms with Gasteiger partial charge in [-0.2, -0.15) is 0 Å². The summed E-state index contributed by atoms with van der Waals surface area (Å²) in [4.78, 5) is 15.7. The second-order valence-electron chi connectivity index (χ2n) is 5.82. The molecule has 0 bridgehead atoms. The number of amides is 1. The summed E-state index contributed by atoms with van der Waals surface area (Å²) in [5, 5.41) is 9.62. The predicted octanol–water partition coefficient (Wildman–Crippen LogP) is 1.25. The van der Waals surface area contributed by atoms with Crippen molar-refractivity contribution in [3.63, 3.8) is 0 Å². The van der Waals surface area contributed by atoms with E-state index in [2.05, 4.69) is 16.8 Å². The highest BCUT2D eigenvalue weighted by atomic mass is 19.1. The first-order chi connectivity index (χ1) is 11.8. The Balaban J connectivity index is 2.14. The number of rotatable bonds is 2. The molecule has 3 rings (SSSR count). The van der Waals surface area contributed by atoms with E-state index >= 15 is 0 Å². The maximum Gasteiger partial charge on any atom is 0.266 e. The van der Waals surface area contributed by atoms with Crippen LogP contribution in [0.25, 0.3) is 11.4 Å². The molecule has 1 atom stereocenters. The van der Waals surface area contributed by atoms with Gasteiger partial charge in [0.15, 0.2) is 5.60 Å². The second kappa shape index (κ2) is 6.18. The van der Waals surface area contributed by atoms with Crippen LogP contribution in [0.15, 0.2) is 18.3 Å². The SMILES string of the molecule is CC(O)(C#Cc1cc2c(cc1F)OCCn1c(C(N)=O)cnc1-2)CF. The lowest BCUT2D eigenvalue weighted by atomic mass is 10.1. The molecule has 2 heterocycles. The van der Waals surface area contributed by atoms with Crippen molar-refractivity contribution >= 4 is 5.91 Å². The van der Waals surface area contributed by atoms with Crippen molar-refractivity contribution < 1.29 is 23.4 Å². The number of hydrogen-bond acceptors (Lipinski definition) is 4. The summed E-state index contributed by atoms with van der Waals surface area (Å²) in [6, 6.07) is 2.54. The first-order valence-corrected chi connectivity index (χ1v) is 7.46. The lowest BCUT2D eigenvalue weighted by Gasteiger charge is -2.10. The zero-order valence-electron chi connectivity index (χ0n) is 13.3. The van der Waals surface area contributed by atoms with Gasteiger partial charge in [0.1, 0.15) is 36.4 Å². The molecule has 0 aliphatic carbocycles. The first-order valence-electron chi connectivity index (χ1n) is 7.46. The van der Waals surface area contributed by atoms with E-state index in [4.69, 9.17) is 10.5 Å². The molecule has 6 nitrogen and oxygen atoms in total. The molecule has 1 amide bonds. The van der Waals surface area contributed by atoms with Crippen molar-refractivity contribution in [2.75, 3.05) is 13.3 Å². The average Bonchev–Trinajstić information content (AvgIpc) is 2.90. The van der Waals surface area contributed by atoms with E-state index in [1.807, 2.05) is 0 Å². The van der Waals surface area contributed by atoms with Crippen molar-refractivity contribution in [1.29, 1.82) is 0 Å². The summed E-state index contributed by atoms with van der Waals surface area (Å²) >= 11 is 0. The zero-order chi connectivity index (χ0) is 18.2. The number of carbonyl (C=O) groups excluding carboxylic acids is 1. The normalized spacial score (nSPS) is 14.9. The fourth-order valence-electron chi connectivity index (χ4n) is 2.44. The molecule has 8 heteroatoms. The number of ether oxygens (including phenoxy) is 1. The zero-order valence-corrected chi connectivity index (χ0v) is 13.3. The summed E-state index contributed by atoms with van der Waals surface area (Å²) in [6.45, 7) is 0.636. The smallest absolute Gasteiger partial charge is 0.266 e. The van der Waals surface area contributed by atoms with E-state index in [1.165, 1.54) is 19.2 Å². The molecule has 1 aliphatic heterocycles. The Morgan fingerprint density at radius 3 is 3.00 bits per heavy atom. The van der Waals surface area contributed by atoms with Crippen LogP contribution in [0.1, 0.15) is 23.0 Å². The number of imidazole rings is 1. The number of benzene rings is 1. The summed E-state index contributed by atoms with van der Waals surface area (Å²) in [5.41, 5.74) is 4.05. The molecule has 25 heavy (non-hydrogen) atoms. The fraction of sp³-hybridized carbons (Fsp3) is 0.294. The Labute approximate surface area is 142 Å². The van der Waals surface area contributed by atoms with E-state index in [1.54, 1.807) is 4.57 Å². The largest absolute Gasteiger partial charge is 0.491 e. The molecule has 0 fully saturated rings. The molecular weight excluding hydrogens is 332 g/mol. The third-order valence-corrected chi connectivity index (χ3v) is 3.72. The molecular formula is C17H15F2N3O3. The van der Waals surface area contributed by atoms with Gasteiger partial charge in [0, 0.05) is 6.07 Å². The number of primary amides is 1. The monoisotopic (exact) mass is 347 g/mol. The summed E-state index contributed by atoms with van der Waals surface area (Å²) in [7, 11) is 0. The van der Waals surface area contributed by atoms with Gasteiger partial charge in [0.25, 0.3) is 5.91 Å². The molecule has 0 spiro atoms. The Bertz CT molecular complexity index is 910. The average molecular weight is 347 g/mol. The van der Waals surface area contributed by atoms with Crippen LogP contribution in [0.4, 0.5) is 8.78 Å². The molecule has 3 N–H and O–H groups in total. The van der Waals surface area contributed by atoms with Crippen LogP contribution in [0.2, 0.25) is 0 Å². The number of aliphatic hydroxyl groups is 1. The minimum atomic E-state index is -1.87. The van der Waals surface area contributed by atoms with Gasteiger partial charge in [-0.05, 0) is 13.0 Å². The molecule has 1 aromatic carbocycles. The number of carbonyl (C=O) groups is 1. The highest BCUT2D eigenvalue weighted by Crippen LogP contribution is 2.34. The van der Waals surface area contributed by atoms with E-state index < -0.39 is 24.0 Å². The molecule has 0 saturated heterocycles. The van der Waals surface area contributed by atoms with Crippen LogP contribution in [-0.4, -0.2) is 39.4 Å². The molecule has 1 aliphatic rings. The van der Waals surface area contributed by atoms with Crippen molar-refractivity contribution in [3.8, 4) is 29.0 Å². The lowest BCUT2D eigenvalue weighted by molar-refractivity contribution is 0.0905. The number of nitrogens with two attached hydrogens (primary N) is 1. The molecule has 0 saturated carbocycles. The van der Waals surface area contributed by atoms with Crippen LogP contribution in [-0.2, 0) is 6.54 Å². The van der Waals surface area contributed by atoms with Crippen LogP contribution in [0.3, 0.4) is 0 Å². The Morgan fingerprint density at radius 2 is 2.32 bits per heavy atom. The quantitative estimate of drug-likeness (QED) is 0.800. The Hall–Kier alpha value is -2.92. The summed E-state index contributed by atoms with van der Waals surface area (Å²) < 4.78 is 34.0. The van der Waals surface area contributed by atoms with Gasteiger partial charge in [-0.25, -0.2) is 13.8 Å². The van der Waals surface area contributed by atoms with E-state index in [0.29, 0.717) is 17.9 Å². The van der Waals surface area contributed by atoms with E-state index in [0.717, 1.165) is 6.07 Å². The molecule has 0 radical (unpaired) electrons. The number of alkyl halides is 1. The molecule has 1 unspecified atom stereocenters. The van der Waals surface area contributed by atoms with Crippen LogP contribution >= 0.6 is 0 Å². The second-order valence-corrected chi connectivity index (χ2v) is 5.82. The summed E-state index contributed by atoms with van der Waals surface area (Å²) in [6.07, 6.45) is 1.34. The van der Waals surface area contributed by atoms with Gasteiger partial charge >= 0.3 is 0 Å². The third-order valence-electron chi connectivity index (χ3n) is 3.72. The van der Waals surface area contributed by atoms with Crippen molar-refractivity contribution in [1.82, 2.24) is 9.55 Å². The maximum atomic E-state index is 14.2. The number of fused-ring (bicyclic) bond motifs is 3. The topological polar surface area (TPSA) is 90.4 Å². The number of halogens is 2. The van der Waals surface area contributed by atoms with Gasteiger partial charge in [-0.1, -0.05) is 11.8 Å². The Kier molecular flexibility index (Phi) is 4.18. The van der Waals surface area contributed by atoms with Crippen molar-refractivity contribution in [3.05, 3.63) is 35.4 Å². The van der Waals surface area contributed by atoms with Crippen molar-refractivity contribution in [2.45, 2.75) is 19.1 Å². The van der Waals surface area contributed by atoms with Crippen LogP contribution < -0.4 is 10.5 Å². The molecule has 1 aromatic heterocycles. The Morgan fingerprint density at radius 1 is 1.56 bits per heavy atom. The van der Waals surface area contributed by atoms with Crippen LogP contribution in [0, 0.1) is 17.7 Å². The minimum absolute atomic E-state index is 0.0480. The molecule has 2 aromatic rings. The highest BCUT2D eigenvalue weighted by Gasteiger charge is 2.23. The molecule has 130 valence electrons. The minimum Gasteiger partial charge on any atom is -0.491 e. The van der Waals surface area contributed by atoms with Crippen molar-refractivity contribution in [2.24, 2.45) is 5.73 Å². The maximum absolute atomic E-state index is 14.2. The van der Waals surface area contributed by atoms with E-state index in [-0.39, 0.29) is 23.6 Å². The number of aromatic nitrogens is 2. The van der Waals surface area contributed by atoms with Crippen LogP contribution in [0.5, 0.6) is 5.75 Å². The summed E-state index contributed by atoms with van der Waals surface area (Å²) in [5.74, 6) is 4.05. The standard InChI is InChI=1S/C17H15F2N3O3/c1-17(24,9-18)3-2-10-6-11-14(7-12(10)19)25-5-4-22-13(15(20)23)8-21-16(11)22/h6-8,24H,4-5,9H2,1H3,(H2,20,23). The van der Waals surface area contributed by atoms with Gasteiger partial charge < -0.3 is 20.1 Å². The van der Waals surface area contributed by atoms with Gasteiger partial charge in [0.05, 0.1) is 23.9 Å². The van der Waals surface area contributed by atoms with Gasteiger partial charge in [-0.15, -0.1) is 0 Å². The van der Waals surface area contributed by atoms with Gasteiger partial charge in [-0.3, -0.25) is 4.79 Å². The predicted molar refractivity (Wildman–Crippen MR) is 85.1 cm³/mol. The highest BCUT2D eigenvalue weighted by molar-refractivity contribution is 5.92. The van der Waals surface area contributed by atoms with Gasteiger partial charge in [0.2, 0.25) is 0 Å².